The first-order valence-corrected chi connectivity index (χ1v) is 11.4. The molecule has 2 unspecified atom stereocenters. The van der Waals surface area contributed by atoms with Gasteiger partial charge in [0.1, 0.15) is 0 Å². The average molecular weight is 522 g/mol. The summed E-state index contributed by atoms with van der Waals surface area (Å²) >= 11 is 18.2. The van der Waals surface area contributed by atoms with Crippen LogP contribution < -0.4 is 5.73 Å². The Morgan fingerprint density at radius 1 is 1.03 bits per heavy atom. The number of hydrogen-bond donors (Lipinski definition) is 1. The second-order valence-corrected chi connectivity index (χ2v) is 9.96. The Morgan fingerprint density at radius 3 is 2.09 bits per heavy atom. The first-order chi connectivity index (χ1) is 15.2. The molecule has 0 fully saturated rings. The Hall–Kier alpha value is -1.89. The zero-order valence-corrected chi connectivity index (χ0v) is 20.7. The molecule has 0 aromatic heterocycles. The first kappa shape index (κ1) is 27.4. The van der Waals surface area contributed by atoms with Gasteiger partial charge in [0.15, 0.2) is 0 Å². The number of amides is 2. The van der Waals surface area contributed by atoms with Gasteiger partial charge in [-0.05, 0) is 62.6 Å². The number of hydrogen-bond acceptors (Lipinski definition) is 1. The Balaban J connectivity index is 2.45. The normalized spacial score (nSPS) is 14.3. The van der Waals surface area contributed by atoms with Crippen molar-refractivity contribution in [2.45, 2.75) is 50.7 Å². The fraction of sp³-hybridized carbons (Fsp3) is 0.375. The predicted octanol–water partition coefficient (Wildman–Crippen LogP) is 8.20. The lowest BCUT2D eigenvalue weighted by Crippen LogP contribution is -2.49. The highest BCUT2D eigenvalue weighted by molar-refractivity contribution is 6.34. The van der Waals surface area contributed by atoms with Crippen LogP contribution >= 0.6 is 34.8 Å². The third-order valence-electron chi connectivity index (χ3n) is 5.18. The van der Waals surface area contributed by atoms with Crippen molar-refractivity contribution in [1.82, 2.24) is 4.90 Å². The molecule has 3 nitrogen and oxygen atoms in total. The number of halogens is 6. The Kier molecular flexibility index (Phi) is 9.14. The van der Waals surface area contributed by atoms with Crippen molar-refractivity contribution in [2.24, 2.45) is 5.73 Å². The van der Waals surface area contributed by atoms with Crippen LogP contribution in [0.1, 0.15) is 50.2 Å². The van der Waals surface area contributed by atoms with Crippen LogP contribution in [0.2, 0.25) is 15.1 Å². The molecule has 2 atom stereocenters. The van der Waals surface area contributed by atoms with Crippen LogP contribution in [0.15, 0.2) is 54.6 Å². The number of urea groups is 1. The molecule has 2 amide bonds. The number of nitrogens with zero attached hydrogens (tertiary/aromatic N) is 1. The highest BCUT2D eigenvalue weighted by Gasteiger charge is 2.39. The van der Waals surface area contributed by atoms with Crippen molar-refractivity contribution in [1.29, 1.82) is 0 Å². The van der Waals surface area contributed by atoms with E-state index in [1.165, 1.54) is 29.2 Å². The van der Waals surface area contributed by atoms with E-state index in [4.69, 9.17) is 40.5 Å². The highest BCUT2D eigenvalue weighted by Crippen LogP contribution is 2.39. The Morgan fingerprint density at radius 2 is 1.61 bits per heavy atom. The van der Waals surface area contributed by atoms with E-state index < -0.39 is 29.6 Å². The molecule has 2 aromatic rings. The van der Waals surface area contributed by atoms with Crippen molar-refractivity contribution >= 4 is 40.8 Å². The van der Waals surface area contributed by atoms with Gasteiger partial charge in [0.05, 0.1) is 5.92 Å². The molecule has 9 heteroatoms. The molecule has 0 aliphatic carbocycles. The molecule has 180 valence electrons. The minimum absolute atomic E-state index is 0.0670. The van der Waals surface area contributed by atoms with Gasteiger partial charge in [0, 0.05) is 33.1 Å². The second kappa shape index (κ2) is 11.0. The van der Waals surface area contributed by atoms with Crippen molar-refractivity contribution in [3.8, 4) is 0 Å². The average Bonchev–Trinajstić information content (AvgIpc) is 2.64. The Bertz CT molecular complexity index is 983. The number of alkyl halides is 3. The van der Waals surface area contributed by atoms with Crippen LogP contribution in [0.3, 0.4) is 0 Å². The van der Waals surface area contributed by atoms with Crippen LogP contribution in [0.4, 0.5) is 18.0 Å². The zero-order chi connectivity index (χ0) is 25.0. The zero-order valence-electron chi connectivity index (χ0n) is 18.5. The van der Waals surface area contributed by atoms with Gasteiger partial charge in [-0.1, -0.05) is 65.2 Å². The van der Waals surface area contributed by atoms with Gasteiger partial charge in [-0.25, -0.2) is 4.79 Å². The van der Waals surface area contributed by atoms with E-state index >= 15 is 0 Å². The molecule has 2 N–H and O–H groups in total. The summed E-state index contributed by atoms with van der Waals surface area (Å²) in [6, 6.07) is 10.2. The summed E-state index contributed by atoms with van der Waals surface area (Å²) < 4.78 is 41.8. The van der Waals surface area contributed by atoms with E-state index in [1.54, 1.807) is 24.3 Å². The maximum Gasteiger partial charge on any atom is 0.399 e. The van der Waals surface area contributed by atoms with Crippen molar-refractivity contribution in [2.75, 3.05) is 6.54 Å². The maximum atomic E-state index is 13.9. The number of allylic oxidation sites excluding steroid dienone is 2. The summed E-state index contributed by atoms with van der Waals surface area (Å²) in [5, 5.41) is 0.651. The molecule has 0 aliphatic heterocycles. The van der Waals surface area contributed by atoms with Crippen molar-refractivity contribution < 1.29 is 18.0 Å². The van der Waals surface area contributed by atoms with Gasteiger partial charge in [0.25, 0.3) is 0 Å². The third kappa shape index (κ3) is 7.83. The fourth-order valence-corrected chi connectivity index (χ4v) is 4.40. The van der Waals surface area contributed by atoms with E-state index in [1.807, 2.05) is 20.8 Å². The van der Waals surface area contributed by atoms with E-state index in [9.17, 15) is 18.0 Å². The molecule has 0 heterocycles. The minimum atomic E-state index is -4.57. The lowest BCUT2D eigenvalue weighted by Gasteiger charge is -2.35. The van der Waals surface area contributed by atoms with Gasteiger partial charge in [-0.15, -0.1) is 0 Å². The van der Waals surface area contributed by atoms with Gasteiger partial charge in [-0.2, -0.15) is 13.2 Å². The summed E-state index contributed by atoms with van der Waals surface area (Å²) in [5.41, 5.74) is 5.57. The molecule has 0 saturated heterocycles. The van der Waals surface area contributed by atoms with Crippen LogP contribution in [0.25, 0.3) is 0 Å². The molecule has 2 aromatic carbocycles. The predicted molar refractivity (Wildman–Crippen MR) is 129 cm³/mol. The van der Waals surface area contributed by atoms with Crippen LogP contribution in [0.5, 0.6) is 0 Å². The smallest absolute Gasteiger partial charge is 0.351 e. The summed E-state index contributed by atoms with van der Waals surface area (Å²) in [6.07, 6.45) is -1.70. The number of rotatable bonds is 7. The van der Waals surface area contributed by atoms with Crippen molar-refractivity contribution in [3.63, 3.8) is 0 Å². The lowest BCUT2D eigenvalue weighted by molar-refractivity contribution is -0.139. The number of primary amides is 1. The third-order valence-corrected chi connectivity index (χ3v) is 5.96. The summed E-state index contributed by atoms with van der Waals surface area (Å²) in [6.45, 7) is 5.74. The standard InChI is InChI=1S/C24H26Cl3F3N2O/c1-23(2,3)32(22(31)33)11-10-15(19-6-4-5-7-21(19)27)8-9-20(24(28,29)30)16-12-17(25)14-18(26)13-16/h4-9,12-15,20H,10-11H2,1-3H3,(H2,31,33)/b9-8+. The van der Waals surface area contributed by atoms with Gasteiger partial charge in [0.2, 0.25) is 0 Å². The molecular weight excluding hydrogens is 496 g/mol. The molecule has 2 rings (SSSR count). The lowest BCUT2D eigenvalue weighted by atomic mass is 9.90. The van der Waals surface area contributed by atoms with Crippen LogP contribution in [-0.2, 0) is 0 Å². The van der Waals surface area contributed by atoms with E-state index in [2.05, 4.69) is 0 Å². The summed E-state index contributed by atoms with van der Waals surface area (Å²) in [5.74, 6) is -2.42. The van der Waals surface area contributed by atoms with Crippen LogP contribution in [0, 0.1) is 0 Å². The number of carbonyl (C=O) groups excluding carboxylic acids is 1. The number of carbonyl (C=O) groups is 1. The largest absolute Gasteiger partial charge is 0.399 e. The van der Waals surface area contributed by atoms with Gasteiger partial charge < -0.3 is 10.6 Å². The topological polar surface area (TPSA) is 46.3 Å². The van der Waals surface area contributed by atoms with E-state index in [0.29, 0.717) is 17.0 Å². The van der Waals surface area contributed by atoms with Gasteiger partial charge in [-0.3, -0.25) is 0 Å². The first-order valence-electron chi connectivity index (χ1n) is 10.2. The number of benzene rings is 2. The maximum absolute atomic E-state index is 13.9. The monoisotopic (exact) mass is 520 g/mol. The second-order valence-electron chi connectivity index (χ2n) is 8.68. The van der Waals surface area contributed by atoms with Gasteiger partial charge >= 0.3 is 12.2 Å². The molecule has 0 aliphatic rings. The van der Waals surface area contributed by atoms with E-state index in [-0.39, 0.29) is 22.2 Å². The van der Waals surface area contributed by atoms with E-state index in [0.717, 1.165) is 6.08 Å². The number of nitrogens with two attached hydrogens (primary N) is 1. The fourth-order valence-electron chi connectivity index (χ4n) is 3.58. The SMILES string of the molecule is CC(C)(C)N(CCC(/C=C/C(c1cc(Cl)cc(Cl)c1)C(F)(F)F)c1ccccc1Cl)C(N)=O. The minimum Gasteiger partial charge on any atom is -0.351 e. The quantitative estimate of drug-likeness (QED) is 0.367. The Labute approximate surface area is 207 Å². The summed E-state index contributed by atoms with van der Waals surface area (Å²) in [7, 11) is 0. The van der Waals surface area contributed by atoms with Crippen LogP contribution in [-0.4, -0.2) is 29.2 Å². The molecule has 0 saturated carbocycles. The molecule has 0 bridgehead atoms. The molecule has 33 heavy (non-hydrogen) atoms. The van der Waals surface area contributed by atoms with Crippen molar-refractivity contribution in [3.05, 3.63) is 80.8 Å². The highest BCUT2D eigenvalue weighted by atomic mass is 35.5. The molecule has 0 spiro atoms. The molecule has 0 radical (unpaired) electrons. The molecular formula is C24H26Cl3F3N2O. The summed E-state index contributed by atoms with van der Waals surface area (Å²) in [4.78, 5) is 13.4.